The summed E-state index contributed by atoms with van der Waals surface area (Å²) in [6.07, 6.45) is 9.33. The van der Waals surface area contributed by atoms with E-state index in [9.17, 15) is 0 Å². The molecule has 0 aliphatic carbocycles. The Morgan fingerprint density at radius 1 is 1.05 bits per heavy atom. The predicted octanol–water partition coefficient (Wildman–Crippen LogP) is 4.76. The van der Waals surface area contributed by atoms with Crippen LogP contribution in [0, 0.1) is 0 Å². The molecule has 0 bridgehead atoms. The van der Waals surface area contributed by atoms with Gasteiger partial charge in [-0.25, -0.2) is 0 Å². The normalized spacial score (nSPS) is 20.9. The van der Waals surface area contributed by atoms with Crippen LogP contribution in [0.3, 0.4) is 0 Å². The minimum absolute atomic E-state index is 0.0306. The molecule has 0 saturated carbocycles. The Hall–Kier alpha value is -1.02. The van der Waals surface area contributed by atoms with Gasteiger partial charge in [-0.15, -0.1) is 0 Å². The van der Waals surface area contributed by atoms with Crippen molar-refractivity contribution < 1.29 is 9.47 Å². The van der Waals surface area contributed by atoms with Crippen LogP contribution in [0.15, 0.2) is 24.3 Å². The van der Waals surface area contributed by atoms with Gasteiger partial charge < -0.3 is 9.47 Å². The summed E-state index contributed by atoms with van der Waals surface area (Å²) in [5.41, 5.74) is 1.39. The third kappa shape index (κ3) is 5.54. The van der Waals surface area contributed by atoms with Gasteiger partial charge in [0.15, 0.2) is 0 Å². The SMILES string of the molecule is CCCCCCCCc1ccc(OCC2(C)CO2)cc1. The van der Waals surface area contributed by atoms with Crippen molar-refractivity contribution in [3.63, 3.8) is 0 Å². The minimum Gasteiger partial charge on any atom is -0.491 e. The zero-order chi connectivity index (χ0) is 14.3. The zero-order valence-electron chi connectivity index (χ0n) is 13.0. The molecule has 1 aromatic carbocycles. The number of epoxide rings is 1. The second-order valence-corrected chi connectivity index (χ2v) is 6.19. The summed E-state index contributed by atoms with van der Waals surface area (Å²) in [4.78, 5) is 0. The van der Waals surface area contributed by atoms with Gasteiger partial charge in [0.2, 0.25) is 0 Å². The highest BCUT2D eigenvalue weighted by molar-refractivity contribution is 5.27. The van der Waals surface area contributed by atoms with Crippen molar-refractivity contribution in [3.05, 3.63) is 29.8 Å². The average molecular weight is 276 g/mol. The quantitative estimate of drug-likeness (QED) is 0.454. The number of aryl methyl sites for hydroxylation is 1. The highest BCUT2D eigenvalue weighted by Gasteiger charge is 2.40. The van der Waals surface area contributed by atoms with Crippen molar-refractivity contribution in [3.8, 4) is 5.75 Å². The van der Waals surface area contributed by atoms with Gasteiger partial charge in [-0.1, -0.05) is 51.2 Å². The molecule has 20 heavy (non-hydrogen) atoms. The largest absolute Gasteiger partial charge is 0.491 e. The molecule has 0 aromatic heterocycles. The molecule has 0 N–H and O–H groups in total. The molecule has 112 valence electrons. The van der Waals surface area contributed by atoms with Crippen molar-refractivity contribution in [2.45, 2.75) is 64.4 Å². The molecule has 1 saturated heterocycles. The predicted molar refractivity (Wildman–Crippen MR) is 83.4 cm³/mol. The Kier molecular flexibility index (Phi) is 5.90. The number of ether oxygens (including phenoxy) is 2. The summed E-state index contributed by atoms with van der Waals surface area (Å²) in [7, 11) is 0. The van der Waals surface area contributed by atoms with Gasteiger partial charge in [0, 0.05) is 0 Å². The molecule has 1 unspecified atom stereocenters. The fraction of sp³-hybridized carbons (Fsp3) is 0.667. The van der Waals surface area contributed by atoms with Crippen LogP contribution in [0.25, 0.3) is 0 Å². The maximum absolute atomic E-state index is 5.73. The van der Waals surface area contributed by atoms with Crippen LogP contribution in [-0.2, 0) is 11.2 Å². The lowest BCUT2D eigenvalue weighted by Gasteiger charge is -2.09. The van der Waals surface area contributed by atoms with Crippen molar-refractivity contribution in [1.29, 1.82) is 0 Å². The summed E-state index contributed by atoms with van der Waals surface area (Å²) in [5.74, 6) is 0.952. The Morgan fingerprint density at radius 2 is 1.70 bits per heavy atom. The van der Waals surface area contributed by atoms with Crippen LogP contribution in [0.1, 0.15) is 57.9 Å². The van der Waals surface area contributed by atoms with Gasteiger partial charge in [0.05, 0.1) is 6.61 Å². The van der Waals surface area contributed by atoms with Crippen LogP contribution in [-0.4, -0.2) is 18.8 Å². The first kappa shape index (κ1) is 15.4. The highest BCUT2D eigenvalue weighted by atomic mass is 16.6. The number of benzene rings is 1. The van der Waals surface area contributed by atoms with E-state index in [0.29, 0.717) is 6.61 Å². The van der Waals surface area contributed by atoms with Gasteiger partial charge in [-0.3, -0.25) is 0 Å². The molecule has 2 nitrogen and oxygen atoms in total. The molecule has 1 aliphatic heterocycles. The maximum Gasteiger partial charge on any atom is 0.123 e. The fourth-order valence-corrected chi connectivity index (χ4v) is 2.30. The standard InChI is InChI=1S/C18H28O2/c1-3-4-5-6-7-8-9-16-10-12-17(13-11-16)19-14-18(2)15-20-18/h10-13H,3-9,14-15H2,1-2H3. The Bertz CT molecular complexity index is 379. The van der Waals surface area contributed by atoms with Gasteiger partial charge >= 0.3 is 0 Å². The molecular weight excluding hydrogens is 248 g/mol. The van der Waals surface area contributed by atoms with Crippen LogP contribution in [0.5, 0.6) is 5.75 Å². The van der Waals surface area contributed by atoms with Gasteiger partial charge in [0.1, 0.15) is 18.0 Å². The van der Waals surface area contributed by atoms with Gasteiger partial charge in [-0.05, 0) is 37.5 Å². The van der Waals surface area contributed by atoms with Crippen LogP contribution in [0.2, 0.25) is 0 Å². The smallest absolute Gasteiger partial charge is 0.123 e. The van der Waals surface area contributed by atoms with E-state index in [2.05, 4.69) is 38.1 Å². The third-order valence-electron chi connectivity index (χ3n) is 3.92. The molecule has 0 amide bonds. The first-order valence-corrected chi connectivity index (χ1v) is 8.07. The summed E-state index contributed by atoms with van der Waals surface area (Å²) >= 11 is 0. The lowest BCUT2D eigenvalue weighted by atomic mass is 10.0. The monoisotopic (exact) mass is 276 g/mol. The molecule has 1 aromatic rings. The third-order valence-corrected chi connectivity index (χ3v) is 3.92. The Morgan fingerprint density at radius 3 is 2.35 bits per heavy atom. The number of hydrogen-bond donors (Lipinski definition) is 0. The molecule has 1 atom stereocenters. The maximum atomic E-state index is 5.73. The summed E-state index contributed by atoms with van der Waals surface area (Å²) < 4.78 is 11.0. The van der Waals surface area contributed by atoms with Crippen molar-refractivity contribution in [1.82, 2.24) is 0 Å². The van der Waals surface area contributed by atoms with Crippen LogP contribution >= 0.6 is 0 Å². The number of rotatable bonds is 10. The molecule has 2 rings (SSSR count). The highest BCUT2D eigenvalue weighted by Crippen LogP contribution is 2.27. The molecule has 0 radical (unpaired) electrons. The average Bonchev–Trinajstić information content (AvgIpc) is 3.20. The van der Waals surface area contributed by atoms with Crippen molar-refractivity contribution >= 4 is 0 Å². The van der Waals surface area contributed by atoms with E-state index in [4.69, 9.17) is 9.47 Å². The summed E-state index contributed by atoms with van der Waals surface area (Å²) in [6.45, 7) is 5.83. The van der Waals surface area contributed by atoms with Gasteiger partial charge in [-0.2, -0.15) is 0 Å². The molecule has 1 heterocycles. The topological polar surface area (TPSA) is 21.8 Å². The lowest BCUT2D eigenvalue weighted by molar-refractivity contribution is 0.202. The second kappa shape index (κ2) is 7.68. The van der Waals surface area contributed by atoms with Crippen LogP contribution in [0.4, 0.5) is 0 Å². The Balaban J connectivity index is 1.61. The number of unbranched alkanes of at least 4 members (excludes halogenated alkanes) is 5. The molecule has 1 aliphatic rings. The van der Waals surface area contributed by atoms with E-state index in [1.807, 2.05) is 0 Å². The van der Waals surface area contributed by atoms with E-state index in [1.165, 1.54) is 50.5 Å². The minimum atomic E-state index is -0.0306. The lowest BCUT2D eigenvalue weighted by Crippen LogP contribution is -2.16. The summed E-state index contributed by atoms with van der Waals surface area (Å²) in [6, 6.07) is 8.55. The molecule has 0 spiro atoms. The molecular formula is C18H28O2. The second-order valence-electron chi connectivity index (χ2n) is 6.19. The van der Waals surface area contributed by atoms with E-state index in [0.717, 1.165) is 12.4 Å². The Labute approximate surface area is 123 Å². The number of hydrogen-bond acceptors (Lipinski definition) is 2. The van der Waals surface area contributed by atoms with Gasteiger partial charge in [0.25, 0.3) is 0 Å². The molecule has 2 heteroatoms. The van der Waals surface area contributed by atoms with Crippen molar-refractivity contribution in [2.75, 3.05) is 13.2 Å². The fourth-order valence-electron chi connectivity index (χ4n) is 2.30. The summed E-state index contributed by atoms with van der Waals surface area (Å²) in [5, 5.41) is 0. The molecule has 1 fully saturated rings. The van der Waals surface area contributed by atoms with E-state index < -0.39 is 0 Å². The van der Waals surface area contributed by atoms with E-state index in [-0.39, 0.29) is 5.60 Å². The first-order chi connectivity index (χ1) is 9.72. The van der Waals surface area contributed by atoms with E-state index >= 15 is 0 Å². The van der Waals surface area contributed by atoms with Crippen LogP contribution < -0.4 is 4.74 Å². The zero-order valence-corrected chi connectivity index (χ0v) is 13.0. The first-order valence-electron chi connectivity index (χ1n) is 8.07. The van der Waals surface area contributed by atoms with Crippen molar-refractivity contribution in [2.24, 2.45) is 0 Å². The van der Waals surface area contributed by atoms with E-state index in [1.54, 1.807) is 0 Å².